The maximum atomic E-state index is 5.38. The summed E-state index contributed by atoms with van der Waals surface area (Å²) in [5.74, 6) is 0. The highest BCUT2D eigenvalue weighted by atomic mass is 16.5. The van der Waals surface area contributed by atoms with Gasteiger partial charge in [-0.25, -0.2) is 0 Å². The number of benzene rings is 1. The van der Waals surface area contributed by atoms with Gasteiger partial charge in [0.05, 0.1) is 13.2 Å². The van der Waals surface area contributed by atoms with E-state index in [1.807, 2.05) is 0 Å². The van der Waals surface area contributed by atoms with Crippen LogP contribution in [0.1, 0.15) is 11.1 Å². The van der Waals surface area contributed by atoms with Gasteiger partial charge in [-0.1, -0.05) is 24.3 Å². The first kappa shape index (κ1) is 12.2. The zero-order valence-corrected chi connectivity index (χ0v) is 11.0. The lowest BCUT2D eigenvalue weighted by Crippen LogP contribution is -2.42. The SMILES string of the molecule is c1ccc2c(c1)CCN(CCN1CCOCC1)C2. The van der Waals surface area contributed by atoms with Crippen molar-refractivity contribution in [3.8, 4) is 0 Å². The molecule has 98 valence electrons. The molecule has 2 aliphatic heterocycles. The van der Waals surface area contributed by atoms with Crippen molar-refractivity contribution < 1.29 is 4.74 Å². The van der Waals surface area contributed by atoms with Gasteiger partial charge in [-0.15, -0.1) is 0 Å². The van der Waals surface area contributed by atoms with Crippen LogP contribution in [-0.2, 0) is 17.7 Å². The average molecular weight is 246 g/mol. The summed E-state index contributed by atoms with van der Waals surface area (Å²) in [6.45, 7) is 8.72. The van der Waals surface area contributed by atoms with Crippen LogP contribution in [0.5, 0.6) is 0 Å². The number of hydrogen-bond donors (Lipinski definition) is 0. The molecule has 0 spiro atoms. The molecule has 0 N–H and O–H groups in total. The Morgan fingerprint density at radius 2 is 1.61 bits per heavy atom. The summed E-state index contributed by atoms with van der Waals surface area (Å²) >= 11 is 0. The van der Waals surface area contributed by atoms with Gasteiger partial charge < -0.3 is 4.74 Å². The Bertz CT molecular complexity index is 388. The van der Waals surface area contributed by atoms with Gasteiger partial charge in [0.25, 0.3) is 0 Å². The second-order valence-corrected chi connectivity index (χ2v) is 5.25. The molecule has 0 saturated carbocycles. The molecule has 0 radical (unpaired) electrons. The predicted octanol–water partition coefficient (Wildman–Crippen LogP) is 1.38. The Labute approximate surface area is 109 Å². The highest BCUT2D eigenvalue weighted by molar-refractivity contribution is 5.28. The van der Waals surface area contributed by atoms with Crippen LogP contribution in [0.4, 0.5) is 0 Å². The van der Waals surface area contributed by atoms with Crippen molar-refractivity contribution in [3.05, 3.63) is 35.4 Å². The Hall–Kier alpha value is -0.900. The largest absolute Gasteiger partial charge is 0.379 e. The van der Waals surface area contributed by atoms with E-state index in [0.717, 1.165) is 32.8 Å². The number of morpholine rings is 1. The maximum absolute atomic E-state index is 5.38. The molecule has 2 heterocycles. The third kappa shape index (κ3) is 2.91. The highest BCUT2D eigenvalue weighted by Gasteiger charge is 2.17. The first-order valence-corrected chi connectivity index (χ1v) is 7.01. The van der Waals surface area contributed by atoms with Gasteiger partial charge in [-0.05, 0) is 17.5 Å². The fourth-order valence-electron chi connectivity index (χ4n) is 2.85. The van der Waals surface area contributed by atoms with Gasteiger partial charge in [0.2, 0.25) is 0 Å². The normalized spacial score (nSPS) is 21.8. The monoisotopic (exact) mass is 246 g/mol. The smallest absolute Gasteiger partial charge is 0.0594 e. The molecule has 1 aromatic rings. The molecule has 1 saturated heterocycles. The Morgan fingerprint density at radius 1 is 0.889 bits per heavy atom. The summed E-state index contributed by atoms with van der Waals surface area (Å²) in [6.07, 6.45) is 1.21. The molecule has 0 amide bonds. The van der Waals surface area contributed by atoms with Crippen LogP contribution < -0.4 is 0 Å². The van der Waals surface area contributed by atoms with Crippen LogP contribution in [0.15, 0.2) is 24.3 Å². The predicted molar refractivity (Wildman–Crippen MR) is 72.7 cm³/mol. The summed E-state index contributed by atoms with van der Waals surface area (Å²) in [5.41, 5.74) is 3.06. The Morgan fingerprint density at radius 3 is 2.44 bits per heavy atom. The molecular formula is C15H22N2O. The second kappa shape index (κ2) is 5.83. The highest BCUT2D eigenvalue weighted by Crippen LogP contribution is 2.18. The first-order chi connectivity index (χ1) is 8.92. The minimum absolute atomic E-state index is 0.906. The molecule has 18 heavy (non-hydrogen) atoms. The third-order valence-electron chi connectivity index (χ3n) is 4.05. The molecule has 3 heteroatoms. The van der Waals surface area contributed by atoms with Crippen molar-refractivity contribution in [2.75, 3.05) is 45.9 Å². The van der Waals surface area contributed by atoms with Gasteiger partial charge in [-0.3, -0.25) is 9.80 Å². The van der Waals surface area contributed by atoms with E-state index in [1.165, 1.54) is 31.6 Å². The summed E-state index contributed by atoms with van der Waals surface area (Å²) in [4.78, 5) is 5.10. The maximum Gasteiger partial charge on any atom is 0.0594 e. The van der Waals surface area contributed by atoms with Crippen molar-refractivity contribution in [1.29, 1.82) is 0 Å². The summed E-state index contributed by atoms with van der Waals surface area (Å²) in [7, 11) is 0. The van der Waals surface area contributed by atoms with E-state index in [-0.39, 0.29) is 0 Å². The molecule has 0 aliphatic carbocycles. The van der Waals surface area contributed by atoms with Crippen molar-refractivity contribution in [2.45, 2.75) is 13.0 Å². The number of rotatable bonds is 3. The van der Waals surface area contributed by atoms with Crippen LogP contribution in [0.3, 0.4) is 0 Å². The van der Waals surface area contributed by atoms with Gasteiger partial charge in [0.15, 0.2) is 0 Å². The third-order valence-corrected chi connectivity index (χ3v) is 4.05. The molecule has 0 unspecified atom stereocenters. The number of hydrogen-bond acceptors (Lipinski definition) is 3. The molecule has 2 aliphatic rings. The van der Waals surface area contributed by atoms with Gasteiger partial charge in [0, 0.05) is 39.3 Å². The van der Waals surface area contributed by atoms with Crippen molar-refractivity contribution >= 4 is 0 Å². The van der Waals surface area contributed by atoms with E-state index in [0.29, 0.717) is 0 Å². The van der Waals surface area contributed by atoms with Crippen molar-refractivity contribution in [2.24, 2.45) is 0 Å². The van der Waals surface area contributed by atoms with Gasteiger partial charge in [0.1, 0.15) is 0 Å². The molecule has 0 atom stereocenters. The second-order valence-electron chi connectivity index (χ2n) is 5.25. The Balaban J connectivity index is 1.50. The van der Waals surface area contributed by atoms with E-state index < -0.39 is 0 Å². The van der Waals surface area contributed by atoms with Crippen LogP contribution in [0.2, 0.25) is 0 Å². The average Bonchev–Trinajstić information content (AvgIpc) is 2.46. The van der Waals surface area contributed by atoms with Gasteiger partial charge >= 0.3 is 0 Å². The van der Waals surface area contributed by atoms with E-state index >= 15 is 0 Å². The Kier molecular flexibility index (Phi) is 3.93. The lowest BCUT2D eigenvalue weighted by Gasteiger charge is -2.32. The number of fused-ring (bicyclic) bond motifs is 1. The minimum atomic E-state index is 0.906. The van der Waals surface area contributed by atoms with Crippen LogP contribution in [-0.4, -0.2) is 55.7 Å². The number of ether oxygens (including phenoxy) is 1. The molecule has 1 aromatic carbocycles. The van der Waals surface area contributed by atoms with E-state index in [2.05, 4.69) is 34.1 Å². The van der Waals surface area contributed by atoms with Crippen LogP contribution >= 0.6 is 0 Å². The van der Waals surface area contributed by atoms with Crippen molar-refractivity contribution in [3.63, 3.8) is 0 Å². The minimum Gasteiger partial charge on any atom is -0.379 e. The quantitative estimate of drug-likeness (QED) is 0.801. The fourth-order valence-corrected chi connectivity index (χ4v) is 2.85. The molecule has 3 nitrogen and oxygen atoms in total. The van der Waals surface area contributed by atoms with Crippen LogP contribution in [0, 0.1) is 0 Å². The summed E-state index contributed by atoms with van der Waals surface area (Å²) < 4.78 is 5.38. The molecule has 0 bridgehead atoms. The zero-order valence-electron chi connectivity index (χ0n) is 11.0. The molecular weight excluding hydrogens is 224 g/mol. The van der Waals surface area contributed by atoms with Crippen molar-refractivity contribution in [1.82, 2.24) is 9.80 Å². The molecule has 0 aromatic heterocycles. The lowest BCUT2D eigenvalue weighted by atomic mass is 10.00. The standard InChI is InChI=1S/C15H22N2O/c1-2-4-15-13-17(6-5-14(15)3-1)8-7-16-9-11-18-12-10-16/h1-4H,5-13H2. The number of nitrogens with zero attached hydrogens (tertiary/aromatic N) is 2. The van der Waals surface area contributed by atoms with E-state index in [9.17, 15) is 0 Å². The zero-order chi connectivity index (χ0) is 12.2. The lowest BCUT2D eigenvalue weighted by molar-refractivity contribution is 0.0327. The molecule has 1 fully saturated rings. The molecule has 3 rings (SSSR count). The first-order valence-electron chi connectivity index (χ1n) is 7.01. The summed E-state index contributed by atoms with van der Waals surface area (Å²) in [5, 5.41) is 0. The van der Waals surface area contributed by atoms with E-state index in [1.54, 1.807) is 5.56 Å². The topological polar surface area (TPSA) is 15.7 Å². The van der Waals surface area contributed by atoms with Crippen LogP contribution in [0.25, 0.3) is 0 Å². The summed E-state index contributed by atoms with van der Waals surface area (Å²) in [6, 6.07) is 8.86. The van der Waals surface area contributed by atoms with Gasteiger partial charge in [-0.2, -0.15) is 0 Å². The fraction of sp³-hybridized carbons (Fsp3) is 0.600. The van der Waals surface area contributed by atoms with E-state index in [4.69, 9.17) is 4.74 Å².